The predicted octanol–water partition coefficient (Wildman–Crippen LogP) is 4.06. The fraction of sp³-hybridized carbons (Fsp3) is 0.0625. The van der Waals surface area contributed by atoms with Gasteiger partial charge in [0, 0.05) is 23.3 Å². The Bertz CT molecular complexity index is 787. The summed E-state index contributed by atoms with van der Waals surface area (Å²) in [5.41, 5.74) is 8.07. The zero-order chi connectivity index (χ0) is 14.1. The lowest BCUT2D eigenvalue weighted by atomic mass is 10.1. The Labute approximate surface area is 115 Å². The highest BCUT2D eigenvalue weighted by molar-refractivity contribution is 5.94. The summed E-state index contributed by atoms with van der Waals surface area (Å²) in [6.45, 7) is 1.86. The molecule has 0 amide bonds. The summed E-state index contributed by atoms with van der Waals surface area (Å²) < 4.78 is 19.1. The molecule has 2 N–H and O–H groups in total. The lowest BCUT2D eigenvalue weighted by molar-refractivity contribution is 0.477. The van der Waals surface area contributed by atoms with E-state index < -0.39 is 0 Å². The molecule has 100 valence electrons. The van der Waals surface area contributed by atoms with Crippen LogP contribution in [-0.2, 0) is 0 Å². The second kappa shape index (κ2) is 4.81. The minimum atomic E-state index is -0.335. The first-order valence-electron chi connectivity index (χ1n) is 6.22. The average molecular weight is 268 g/mol. The van der Waals surface area contributed by atoms with Gasteiger partial charge in [0.05, 0.1) is 0 Å². The maximum absolute atomic E-state index is 13.3. The number of ether oxygens (including phenoxy) is 1. The molecule has 0 aliphatic carbocycles. The molecule has 20 heavy (non-hydrogen) atoms. The van der Waals surface area contributed by atoms with Crippen molar-refractivity contribution in [3.8, 4) is 11.5 Å². The van der Waals surface area contributed by atoms with Gasteiger partial charge in [-0.2, -0.15) is 0 Å². The number of aryl methyl sites for hydroxylation is 1. The third-order valence-electron chi connectivity index (χ3n) is 3.14. The molecule has 0 aliphatic heterocycles. The molecule has 4 heteroatoms. The molecule has 0 aliphatic rings. The van der Waals surface area contributed by atoms with Crippen LogP contribution in [0, 0.1) is 12.7 Å². The van der Waals surface area contributed by atoms with E-state index in [1.165, 1.54) is 12.1 Å². The molecule has 0 saturated heterocycles. The molecule has 0 unspecified atom stereocenters. The number of nitrogens with zero attached hydrogens (tertiary/aromatic N) is 1. The van der Waals surface area contributed by atoms with Gasteiger partial charge in [0.15, 0.2) is 5.75 Å². The number of anilines is 1. The SMILES string of the molecule is Cc1ccc(F)cc1Oc1ccc(N)c2cccnc12. The van der Waals surface area contributed by atoms with Crippen LogP contribution in [0.1, 0.15) is 5.56 Å². The molecule has 2 aromatic carbocycles. The maximum atomic E-state index is 13.3. The zero-order valence-electron chi connectivity index (χ0n) is 10.9. The molecule has 3 aromatic rings. The van der Waals surface area contributed by atoms with Gasteiger partial charge in [-0.3, -0.25) is 4.98 Å². The van der Waals surface area contributed by atoms with Gasteiger partial charge in [-0.25, -0.2) is 4.39 Å². The van der Waals surface area contributed by atoms with Crippen molar-refractivity contribution in [2.45, 2.75) is 6.92 Å². The van der Waals surface area contributed by atoms with Crippen LogP contribution < -0.4 is 10.5 Å². The van der Waals surface area contributed by atoms with E-state index in [2.05, 4.69) is 4.98 Å². The third kappa shape index (κ3) is 2.16. The van der Waals surface area contributed by atoms with Crippen molar-refractivity contribution in [3.05, 3.63) is 60.0 Å². The fourth-order valence-corrected chi connectivity index (χ4v) is 2.05. The van der Waals surface area contributed by atoms with Gasteiger partial charge in [0.2, 0.25) is 0 Å². The number of aromatic nitrogens is 1. The van der Waals surface area contributed by atoms with Crippen molar-refractivity contribution in [2.24, 2.45) is 0 Å². The second-order valence-electron chi connectivity index (χ2n) is 4.56. The van der Waals surface area contributed by atoms with Crippen LogP contribution in [0.2, 0.25) is 0 Å². The van der Waals surface area contributed by atoms with E-state index in [-0.39, 0.29) is 5.82 Å². The molecule has 0 saturated carbocycles. The Kier molecular flexibility index (Phi) is 2.99. The van der Waals surface area contributed by atoms with Gasteiger partial charge in [-0.15, -0.1) is 0 Å². The maximum Gasteiger partial charge on any atom is 0.153 e. The molecular weight excluding hydrogens is 255 g/mol. The number of fused-ring (bicyclic) bond motifs is 1. The standard InChI is InChI=1S/C16H13FN2O/c1-10-4-5-11(17)9-15(10)20-14-7-6-13(18)12-3-2-8-19-16(12)14/h2-9H,18H2,1H3. The molecule has 0 radical (unpaired) electrons. The summed E-state index contributed by atoms with van der Waals surface area (Å²) in [6, 6.07) is 11.6. The van der Waals surface area contributed by atoms with E-state index in [0.29, 0.717) is 22.7 Å². The quantitative estimate of drug-likeness (QED) is 0.713. The highest BCUT2D eigenvalue weighted by Crippen LogP contribution is 2.33. The van der Waals surface area contributed by atoms with Crippen molar-refractivity contribution in [2.75, 3.05) is 5.73 Å². The molecule has 1 heterocycles. The van der Waals surface area contributed by atoms with E-state index in [1.807, 2.05) is 19.1 Å². The van der Waals surface area contributed by atoms with Gasteiger partial charge >= 0.3 is 0 Å². The first-order chi connectivity index (χ1) is 9.65. The van der Waals surface area contributed by atoms with Gasteiger partial charge in [-0.1, -0.05) is 6.07 Å². The Morgan fingerprint density at radius 3 is 2.80 bits per heavy atom. The molecule has 3 rings (SSSR count). The average Bonchev–Trinajstić information content (AvgIpc) is 2.46. The van der Waals surface area contributed by atoms with Gasteiger partial charge in [0.25, 0.3) is 0 Å². The van der Waals surface area contributed by atoms with Crippen LogP contribution >= 0.6 is 0 Å². The van der Waals surface area contributed by atoms with Crippen molar-refractivity contribution in [1.82, 2.24) is 4.98 Å². The number of halogens is 1. The van der Waals surface area contributed by atoms with Crippen molar-refractivity contribution in [3.63, 3.8) is 0 Å². The number of hydrogen-bond donors (Lipinski definition) is 1. The lowest BCUT2D eigenvalue weighted by Gasteiger charge is -2.11. The molecule has 0 bridgehead atoms. The van der Waals surface area contributed by atoms with Gasteiger partial charge in [-0.05, 0) is 42.8 Å². The van der Waals surface area contributed by atoms with E-state index in [9.17, 15) is 4.39 Å². The van der Waals surface area contributed by atoms with Crippen molar-refractivity contribution in [1.29, 1.82) is 0 Å². The highest BCUT2D eigenvalue weighted by atomic mass is 19.1. The van der Waals surface area contributed by atoms with Crippen LogP contribution in [0.15, 0.2) is 48.7 Å². The zero-order valence-corrected chi connectivity index (χ0v) is 10.9. The summed E-state index contributed by atoms with van der Waals surface area (Å²) in [5, 5.41) is 0.819. The Balaban J connectivity index is 2.11. The van der Waals surface area contributed by atoms with Gasteiger partial charge < -0.3 is 10.5 Å². The van der Waals surface area contributed by atoms with Crippen LogP contribution in [0.5, 0.6) is 11.5 Å². The Morgan fingerprint density at radius 2 is 1.95 bits per heavy atom. The Hall–Kier alpha value is -2.62. The highest BCUT2D eigenvalue weighted by Gasteiger charge is 2.09. The summed E-state index contributed by atoms with van der Waals surface area (Å²) in [7, 11) is 0. The smallest absolute Gasteiger partial charge is 0.153 e. The molecule has 0 atom stereocenters. The van der Waals surface area contributed by atoms with Crippen LogP contribution in [0.25, 0.3) is 10.9 Å². The molecule has 3 nitrogen and oxygen atoms in total. The van der Waals surface area contributed by atoms with E-state index >= 15 is 0 Å². The summed E-state index contributed by atoms with van der Waals surface area (Å²) in [5.74, 6) is 0.698. The summed E-state index contributed by atoms with van der Waals surface area (Å²) >= 11 is 0. The summed E-state index contributed by atoms with van der Waals surface area (Å²) in [4.78, 5) is 4.29. The number of benzene rings is 2. The number of nitrogens with two attached hydrogens (primary N) is 1. The predicted molar refractivity (Wildman–Crippen MR) is 77.4 cm³/mol. The minimum Gasteiger partial charge on any atom is -0.455 e. The monoisotopic (exact) mass is 268 g/mol. The molecule has 0 spiro atoms. The topological polar surface area (TPSA) is 48.1 Å². The second-order valence-corrected chi connectivity index (χ2v) is 4.56. The van der Waals surface area contributed by atoms with E-state index in [4.69, 9.17) is 10.5 Å². The fourth-order valence-electron chi connectivity index (χ4n) is 2.05. The largest absolute Gasteiger partial charge is 0.455 e. The normalized spacial score (nSPS) is 10.7. The first kappa shape index (κ1) is 12.4. The van der Waals surface area contributed by atoms with Crippen LogP contribution in [0.3, 0.4) is 0 Å². The molecular formula is C16H13FN2O. The lowest BCUT2D eigenvalue weighted by Crippen LogP contribution is -1.94. The number of pyridine rings is 1. The summed E-state index contributed by atoms with van der Waals surface area (Å²) in [6.07, 6.45) is 1.67. The molecule has 0 fully saturated rings. The van der Waals surface area contributed by atoms with E-state index in [1.54, 1.807) is 24.4 Å². The Morgan fingerprint density at radius 1 is 1.10 bits per heavy atom. The number of hydrogen-bond acceptors (Lipinski definition) is 3. The van der Waals surface area contributed by atoms with Crippen LogP contribution in [0.4, 0.5) is 10.1 Å². The van der Waals surface area contributed by atoms with Gasteiger partial charge in [0.1, 0.15) is 17.1 Å². The van der Waals surface area contributed by atoms with Crippen molar-refractivity contribution < 1.29 is 9.13 Å². The third-order valence-corrected chi connectivity index (χ3v) is 3.14. The van der Waals surface area contributed by atoms with E-state index in [0.717, 1.165) is 10.9 Å². The molecule has 1 aromatic heterocycles. The minimum absolute atomic E-state index is 0.335. The first-order valence-corrected chi connectivity index (χ1v) is 6.22. The number of nitrogen functional groups attached to an aromatic ring is 1. The van der Waals surface area contributed by atoms with Crippen molar-refractivity contribution >= 4 is 16.6 Å². The van der Waals surface area contributed by atoms with Crippen LogP contribution in [-0.4, -0.2) is 4.98 Å². The number of rotatable bonds is 2.